The Morgan fingerprint density at radius 1 is 1.03 bits per heavy atom. The minimum atomic E-state index is -4.04. The third kappa shape index (κ3) is 5.82. The van der Waals surface area contributed by atoms with Crippen molar-refractivity contribution >= 4 is 27.3 Å². The molecule has 6 nitrogen and oxygen atoms in total. The van der Waals surface area contributed by atoms with Crippen molar-refractivity contribution in [1.82, 2.24) is 0 Å². The first-order valence-corrected chi connectivity index (χ1v) is 11.1. The lowest BCUT2D eigenvalue weighted by Crippen LogP contribution is -2.17. The number of carbonyl (C=O) groups excluding carboxylic acids is 1. The summed E-state index contributed by atoms with van der Waals surface area (Å²) < 4.78 is 46.9. The van der Waals surface area contributed by atoms with Gasteiger partial charge in [-0.3, -0.25) is 9.52 Å². The van der Waals surface area contributed by atoms with Crippen LogP contribution in [0, 0.1) is 12.7 Å². The Hall–Kier alpha value is -3.39. The van der Waals surface area contributed by atoms with Crippen LogP contribution in [0.2, 0.25) is 0 Å². The highest BCUT2D eigenvalue weighted by Crippen LogP contribution is 2.24. The standard InChI is InChI=1S/C23H23FN2O4S/c1-16-10-12-18(25-23(27)13-11-17-6-5-7-19(14-17)30-2)15-22(16)31(28,29)26-21-9-4-3-8-20(21)24/h3-10,12,14-15,26H,11,13H2,1-2H3,(H,25,27). The summed E-state index contributed by atoms with van der Waals surface area (Å²) in [6.07, 6.45) is 0.728. The van der Waals surface area contributed by atoms with E-state index in [4.69, 9.17) is 4.74 Å². The van der Waals surface area contributed by atoms with Gasteiger partial charge >= 0.3 is 0 Å². The highest BCUT2D eigenvalue weighted by molar-refractivity contribution is 7.92. The normalized spacial score (nSPS) is 11.1. The summed E-state index contributed by atoms with van der Waals surface area (Å²) in [4.78, 5) is 12.3. The number of hydrogen-bond acceptors (Lipinski definition) is 4. The molecule has 0 unspecified atom stereocenters. The van der Waals surface area contributed by atoms with E-state index in [1.165, 1.54) is 30.3 Å². The molecule has 3 rings (SSSR count). The number of nitrogens with one attached hydrogen (secondary N) is 2. The second-order valence-corrected chi connectivity index (χ2v) is 8.62. The summed E-state index contributed by atoms with van der Waals surface area (Å²) in [5.41, 5.74) is 1.62. The number of sulfonamides is 1. The summed E-state index contributed by atoms with van der Waals surface area (Å²) in [7, 11) is -2.46. The molecule has 3 aromatic carbocycles. The number of para-hydroxylation sites is 1. The van der Waals surface area contributed by atoms with E-state index < -0.39 is 15.8 Å². The monoisotopic (exact) mass is 442 g/mol. The zero-order chi connectivity index (χ0) is 22.4. The molecule has 8 heteroatoms. The second kappa shape index (κ2) is 9.61. The van der Waals surface area contributed by atoms with Crippen LogP contribution in [0.25, 0.3) is 0 Å². The lowest BCUT2D eigenvalue weighted by molar-refractivity contribution is -0.116. The maximum Gasteiger partial charge on any atom is 0.262 e. The summed E-state index contributed by atoms with van der Waals surface area (Å²) >= 11 is 0. The molecule has 1 amide bonds. The topological polar surface area (TPSA) is 84.5 Å². The van der Waals surface area contributed by atoms with Gasteiger partial charge in [-0.1, -0.05) is 30.3 Å². The molecule has 0 fully saturated rings. The number of ether oxygens (including phenoxy) is 1. The first-order chi connectivity index (χ1) is 14.8. The van der Waals surface area contributed by atoms with Crippen molar-refractivity contribution in [3.63, 3.8) is 0 Å². The van der Waals surface area contributed by atoms with Crippen LogP contribution in [0.15, 0.2) is 71.6 Å². The van der Waals surface area contributed by atoms with Crippen LogP contribution in [0.3, 0.4) is 0 Å². The highest BCUT2D eigenvalue weighted by atomic mass is 32.2. The van der Waals surface area contributed by atoms with E-state index in [0.29, 0.717) is 23.4 Å². The molecule has 0 aliphatic carbocycles. The van der Waals surface area contributed by atoms with Crippen molar-refractivity contribution < 1.29 is 22.3 Å². The fourth-order valence-corrected chi connectivity index (χ4v) is 4.36. The SMILES string of the molecule is COc1cccc(CCC(=O)Nc2ccc(C)c(S(=O)(=O)Nc3ccccc3F)c2)c1. The predicted molar refractivity (Wildman–Crippen MR) is 118 cm³/mol. The van der Waals surface area contributed by atoms with E-state index in [-0.39, 0.29) is 22.9 Å². The molecule has 0 radical (unpaired) electrons. The molecular weight excluding hydrogens is 419 g/mol. The van der Waals surface area contributed by atoms with Crippen LogP contribution in [-0.4, -0.2) is 21.4 Å². The number of halogens is 1. The maximum absolute atomic E-state index is 13.9. The predicted octanol–water partition coefficient (Wildman–Crippen LogP) is 4.51. The summed E-state index contributed by atoms with van der Waals surface area (Å²) in [6, 6.07) is 17.5. The third-order valence-corrected chi connectivity index (χ3v) is 6.16. The number of hydrogen-bond donors (Lipinski definition) is 2. The molecule has 0 heterocycles. The van der Waals surface area contributed by atoms with Crippen molar-refractivity contribution in [3.8, 4) is 5.75 Å². The Morgan fingerprint density at radius 2 is 1.81 bits per heavy atom. The van der Waals surface area contributed by atoms with Gasteiger partial charge in [0.1, 0.15) is 11.6 Å². The quantitative estimate of drug-likeness (QED) is 0.537. The first-order valence-electron chi connectivity index (χ1n) is 9.59. The maximum atomic E-state index is 13.9. The van der Waals surface area contributed by atoms with Gasteiger partial charge in [-0.15, -0.1) is 0 Å². The van der Waals surface area contributed by atoms with Crippen molar-refractivity contribution in [2.24, 2.45) is 0 Å². The van der Waals surface area contributed by atoms with E-state index in [1.54, 1.807) is 26.2 Å². The average molecular weight is 443 g/mol. The van der Waals surface area contributed by atoms with E-state index in [1.807, 2.05) is 24.3 Å². The van der Waals surface area contributed by atoms with E-state index >= 15 is 0 Å². The van der Waals surface area contributed by atoms with E-state index in [9.17, 15) is 17.6 Å². The van der Waals surface area contributed by atoms with Gasteiger partial charge in [0.05, 0.1) is 17.7 Å². The molecule has 0 bridgehead atoms. The van der Waals surface area contributed by atoms with Gasteiger partial charge in [0.25, 0.3) is 10.0 Å². The van der Waals surface area contributed by atoms with Crippen molar-refractivity contribution in [2.75, 3.05) is 17.1 Å². The lowest BCUT2D eigenvalue weighted by Gasteiger charge is -2.13. The number of methoxy groups -OCH3 is 1. The smallest absolute Gasteiger partial charge is 0.262 e. The zero-order valence-electron chi connectivity index (χ0n) is 17.2. The van der Waals surface area contributed by atoms with Gasteiger partial charge in [0.15, 0.2) is 0 Å². The Labute approximate surface area is 181 Å². The largest absolute Gasteiger partial charge is 0.497 e. The minimum Gasteiger partial charge on any atom is -0.497 e. The van der Waals surface area contributed by atoms with Crippen molar-refractivity contribution in [2.45, 2.75) is 24.7 Å². The van der Waals surface area contributed by atoms with Gasteiger partial charge in [0.2, 0.25) is 5.91 Å². The van der Waals surface area contributed by atoms with Crippen LogP contribution < -0.4 is 14.8 Å². The van der Waals surface area contributed by atoms with Crippen LogP contribution in [-0.2, 0) is 21.2 Å². The molecule has 0 saturated carbocycles. The molecule has 31 heavy (non-hydrogen) atoms. The summed E-state index contributed by atoms with van der Waals surface area (Å²) in [6.45, 7) is 1.63. The summed E-state index contributed by atoms with van der Waals surface area (Å²) in [5, 5.41) is 2.72. The lowest BCUT2D eigenvalue weighted by atomic mass is 10.1. The summed E-state index contributed by atoms with van der Waals surface area (Å²) in [5.74, 6) is -0.212. The number of carbonyl (C=O) groups is 1. The number of amides is 1. The molecular formula is C23H23FN2O4S. The Balaban J connectivity index is 1.71. The fraction of sp³-hybridized carbons (Fsp3) is 0.174. The van der Waals surface area contributed by atoms with Crippen LogP contribution in [0.5, 0.6) is 5.75 Å². The molecule has 0 aliphatic heterocycles. The third-order valence-electron chi connectivity index (χ3n) is 4.65. The number of rotatable bonds is 8. The number of anilines is 2. The molecule has 2 N–H and O–H groups in total. The highest BCUT2D eigenvalue weighted by Gasteiger charge is 2.19. The van der Waals surface area contributed by atoms with Gasteiger partial charge < -0.3 is 10.1 Å². The van der Waals surface area contributed by atoms with E-state index in [2.05, 4.69) is 10.0 Å². The van der Waals surface area contributed by atoms with Crippen molar-refractivity contribution in [3.05, 3.63) is 83.7 Å². The molecule has 0 aliphatic rings. The van der Waals surface area contributed by atoms with Gasteiger partial charge in [-0.2, -0.15) is 0 Å². The Bertz CT molecular complexity index is 1200. The average Bonchev–Trinajstić information content (AvgIpc) is 2.75. The Kier molecular flexibility index (Phi) is 6.91. The van der Waals surface area contributed by atoms with Gasteiger partial charge in [-0.25, -0.2) is 12.8 Å². The van der Waals surface area contributed by atoms with Crippen LogP contribution in [0.1, 0.15) is 17.5 Å². The first kappa shape index (κ1) is 22.3. The van der Waals surface area contributed by atoms with Crippen molar-refractivity contribution in [1.29, 1.82) is 0 Å². The van der Waals surface area contributed by atoms with Crippen LogP contribution in [0.4, 0.5) is 15.8 Å². The van der Waals surface area contributed by atoms with Crippen LogP contribution >= 0.6 is 0 Å². The molecule has 0 saturated heterocycles. The Morgan fingerprint density at radius 3 is 2.55 bits per heavy atom. The van der Waals surface area contributed by atoms with Gasteiger partial charge in [0, 0.05) is 12.1 Å². The second-order valence-electron chi connectivity index (χ2n) is 6.97. The molecule has 0 aromatic heterocycles. The minimum absolute atomic E-state index is 0.0404. The molecule has 3 aromatic rings. The number of benzene rings is 3. The van der Waals surface area contributed by atoms with E-state index in [0.717, 1.165) is 5.56 Å². The molecule has 162 valence electrons. The van der Waals surface area contributed by atoms with Gasteiger partial charge in [-0.05, 0) is 60.9 Å². The molecule has 0 spiro atoms. The molecule has 0 atom stereocenters. The fourth-order valence-electron chi connectivity index (χ4n) is 3.02. The number of aryl methyl sites for hydroxylation is 2. The zero-order valence-corrected chi connectivity index (χ0v) is 18.0.